The molecule has 0 fully saturated rings. The zero-order chi connectivity index (χ0) is 15.3. The molecule has 20 heavy (non-hydrogen) atoms. The molecule has 0 aliphatic heterocycles. The Hall–Kier alpha value is -1.20. The molecule has 114 valence electrons. The van der Waals surface area contributed by atoms with Crippen LogP contribution in [0.3, 0.4) is 0 Å². The predicted molar refractivity (Wildman–Crippen MR) is 83.1 cm³/mol. The molecule has 5 heteroatoms. The van der Waals surface area contributed by atoms with Crippen LogP contribution >= 0.6 is 0 Å². The molecule has 1 heterocycles. The van der Waals surface area contributed by atoms with E-state index in [2.05, 4.69) is 61.6 Å². The molecule has 0 aliphatic rings. The summed E-state index contributed by atoms with van der Waals surface area (Å²) in [6.07, 6.45) is 1.85. The van der Waals surface area contributed by atoms with Crippen molar-refractivity contribution in [3.05, 3.63) is 17.7 Å². The van der Waals surface area contributed by atoms with Crippen LogP contribution in [-0.4, -0.2) is 53.2 Å². The van der Waals surface area contributed by atoms with Gasteiger partial charge < -0.3 is 14.9 Å². The molecule has 1 rings (SSSR count). The van der Waals surface area contributed by atoms with E-state index in [0.29, 0.717) is 6.04 Å². The highest BCUT2D eigenvalue weighted by Crippen LogP contribution is 2.22. The number of likely N-dealkylation sites (N-methyl/N-ethyl adjacent to an activating group) is 2. The van der Waals surface area contributed by atoms with Gasteiger partial charge in [-0.25, -0.2) is 9.97 Å². The standard InChI is InChI=1S/C15H28N4O/c1-7-19(12(4)9-18(5)6)14-8-16-15(11(2)3)17-13(14)10-20/h8,11-12,20H,7,9-10H2,1-6H3. The molecule has 0 bridgehead atoms. The first-order chi connectivity index (χ1) is 9.40. The molecule has 0 saturated carbocycles. The average molecular weight is 280 g/mol. The first kappa shape index (κ1) is 16.9. The van der Waals surface area contributed by atoms with E-state index in [1.54, 1.807) is 0 Å². The van der Waals surface area contributed by atoms with Crippen molar-refractivity contribution in [1.29, 1.82) is 0 Å². The lowest BCUT2D eigenvalue weighted by Crippen LogP contribution is -2.40. The maximum atomic E-state index is 9.61. The van der Waals surface area contributed by atoms with E-state index >= 15 is 0 Å². The van der Waals surface area contributed by atoms with Crippen LogP contribution in [0.25, 0.3) is 0 Å². The van der Waals surface area contributed by atoms with Gasteiger partial charge in [0.25, 0.3) is 0 Å². The zero-order valence-corrected chi connectivity index (χ0v) is 13.6. The smallest absolute Gasteiger partial charge is 0.131 e. The van der Waals surface area contributed by atoms with Crippen LogP contribution in [0.4, 0.5) is 5.69 Å². The Morgan fingerprint density at radius 3 is 2.35 bits per heavy atom. The minimum atomic E-state index is -0.0528. The van der Waals surface area contributed by atoms with Gasteiger partial charge in [-0.1, -0.05) is 13.8 Å². The Balaban J connectivity index is 3.08. The van der Waals surface area contributed by atoms with E-state index in [4.69, 9.17) is 0 Å². The van der Waals surface area contributed by atoms with Crippen molar-refractivity contribution in [1.82, 2.24) is 14.9 Å². The van der Waals surface area contributed by atoms with Gasteiger partial charge in [0.05, 0.1) is 24.2 Å². The van der Waals surface area contributed by atoms with Gasteiger partial charge in [-0.05, 0) is 27.9 Å². The van der Waals surface area contributed by atoms with Crippen LogP contribution in [0.2, 0.25) is 0 Å². The molecule has 5 nitrogen and oxygen atoms in total. The highest BCUT2D eigenvalue weighted by Gasteiger charge is 2.19. The van der Waals surface area contributed by atoms with Crippen molar-refractivity contribution in [2.45, 2.75) is 46.3 Å². The Morgan fingerprint density at radius 2 is 1.90 bits per heavy atom. The summed E-state index contributed by atoms with van der Waals surface area (Å²) in [6.45, 7) is 10.2. The van der Waals surface area contributed by atoms with Gasteiger partial charge >= 0.3 is 0 Å². The molecule has 0 radical (unpaired) electrons. The van der Waals surface area contributed by atoms with Crippen molar-refractivity contribution in [3.63, 3.8) is 0 Å². The number of aliphatic hydroxyl groups excluding tert-OH is 1. The van der Waals surface area contributed by atoms with E-state index in [9.17, 15) is 5.11 Å². The number of aliphatic hydroxyl groups is 1. The van der Waals surface area contributed by atoms with Gasteiger partial charge in [0.15, 0.2) is 0 Å². The number of hydrogen-bond acceptors (Lipinski definition) is 5. The Morgan fingerprint density at radius 1 is 1.25 bits per heavy atom. The quantitative estimate of drug-likeness (QED) is 0.826. The largest absolute Gasteiger partial charge is 0.390 e. The van der Waals surface area contributed by atoms with Crippen molar-refractivity contribution in [2.75, 3.05) is 32.1 Å². The summed E-state index contributed by atoms with van der Waals surface area (Å²) in [5.41, 5.74) is 1.66. The fourth-order valence-electron chi connectivity index (χ4n) is 2.41. The second-order valence-electron chi connectivity index (χ2n) is 5.77. The van der Waals surface area contributed by atoms with Gasteiger partial charge in [-0.2, -0.15) is 0 Å². The molecular weight excluding hydrogens is 252 g/mol. The van der Waals surface area contributed by atoms with Crippen LogP contribution in [-0.2, 0) is 6.61 Å². The molecule has 1 atom stereocenters. The van der Waals surface area contributed by atoms with E-state index in [1.807, 2.05) is 6.20 Å². The van der Waals surface area contributed by atoms with Crippen molar-refractivity contribution >= 4 is 5.69 Å². The van der Waals surface area contributed by atoms with Crippen LogP contribution in [0.5, 0.6) is 0 Å². The molecule has 0 spiro atoms. The Bertz CT molecular complexity index is 420. The summed E-state index contributed by atoms with van der Waals surface area (Å²) >= 11 is 0. The van der Waals surface area contributed by atoms with Gasteiger partial charge in [0.1, 0.15) is 5.82 Å². The summed E-state index contributed by atoms with van der Waals surface area (Å²) in [5.74, 6) is 1.05. The zero-order valence-electron chi connectivity index (χ0n) is 13.6. The van der Waals surface area contributed by atoms with E-state index in [0.717, 1.165) is 30.3 Å². The summed E-state index contributed by atoms with van der Waals surface area (Å²) in [4.78, 5) is 13.4. The second-order valence-corrected chi connectivity index (χ2v) is 5.77. The third kappa shape index (κ3) is 4.15. The van der Waals surface area contributed by atoms with Gasteiger partial charge in [0, 0.05) is 25.0 Å². The number of rotatable bonds is 7. The van der Waals surface area contributed by atoms with Crippen molar-refractivity contribution in [2.24, 2.45) is 0 Å². The first-order valence-electron chi connectivity index (χ1n) is 7.28. The lowest BCUT2D eigenvalue weighted by molar-refractivity contribution is 0.275. The Labute approximate surface area is 122 Å². The second kappa shape index (κ2) is 7.55. The Kier molecular flexibility index (Phi) is 6.36. The SMILES string of the molecule is CCN(c1cnc(C(C)C)nc1CO)C(C)CN(C)C. The van der Waals surface area contributed by atoms with E-state index < -0.39 is 0 Å². The molecule has 1 N–H and O–H groups in total. The lowest BCUT2D eigenvalue weighted by atomic mass is 10.2. The minimum Gasteiger partial charge on any atom is -0.390 e. The molecule has 0 aliphatic carbocycles. The fraction of sp³-hybridized carbons (Fsp3) is 0.733. The van der Waals surface area contributed by atoms with Crippen LogP contribution < -0.4 is 4.90 Å². The number of aromatic nitrogens is 2. The number of anilines is 1. The summed E-state index contributed by atoms with van der Waals surface area (Å²) in [5, 5.41) is 9.61. The first-order valence-corrected chi connectivity index (χ1v) is 7.28. The van der Waals surface area contributed by atoms with Crippen molar-refractivity contribution in [3.8, 4) is 0 Å². The number of nitrogens with zero attached hydrogens (tertiary/aromatic N) is 4. The molecule has 0 amide bonds. The maximum absolute atomic E-state index is 9.61. The van der Waals surface area contributed by atoms with Crippen LogP contribution in [0, 0.1) is 0 Å². The molecule has 0 aromatic carbocycles. The van der Waals surface area contributed by atoms with Gasteiger partial charge in [-0.3, -0.25) is 0 Å². The number of hydrogen-bond donors (Lipinski definition) is 1. The molecular formula is C15H28N4O. The monoisotopic (exact) mass is 280 g/mol. The maximum Gasteiger partial charge on any atom is 0.131 e. The molecule has 1 unspecified atom stereocenters. The van der Waals surface area contributed by atoms with E-state index in [1.165, 1.54) is 0 Å². The summed E-state index contributed by atoms with van der Waals surface area (Å²) in [7, 11) is 4.13. The van der Waals surface area contributed by atoms with Gasteiger partial charge in [-0.15, -0.1) is 0 Å². The fourth-order valence-corrected chi connectivity index (χ4v) is 2.41. The molecule has 1 aromatic rings. The van der Waals surface area contributed by atoms with Crippen LogP contribution in [0.15, 0.2) is 6.20 Å². The third-order valence-corrected chi connectivity index (χ3v) is 3.34. The summed E-state index contributed by atoms with van der Waals surface area (Å²) in [6, 6.07) is 0.341. The molecule has 1 aromatic heterocycles. The van der Waals surface area contributed by atoms with Crippen molar-refractivity contribution < 1.29 is 5.11 Å². The summed E-state index contributed by atoms with van der Waals surface area (Å²) < 4.78 is 0. The highest BCUT2D eigenvalue weighted by atomic mass is 16.3. The van der Waals surface area contributed by atoms with E-state index in [-0.39, 0.29) is 12.5 Å². The normalized spacial score (nSPS) is 13.1. The lowest BCUT2D eigenvalue weighted by Gasteiger charge is -2.32. The average Bonchev–Trinajstić information content (AvgIpc) is 2.38. The predicted octanol–water partition coefficient (Wildman–Crippen LogP) is 1.87. The topological polar surface area (TPSA) is 52.5 Å². The third-order valence-electron chi connectivity index (χ3n) is 3.34. The minimum absolute atomic E-state index is 0.0528. The van der Waals surface area contributed by atoms with Gasteiger partial charge in [0.2, 0.25) is 0 Å². The van der Waals surface area contributed by atoms with Crippen LogP contribution in [0.1, 0.15) is 45.1 Å². The highest BCUT2D eigenvalue weighted by molar-refractivity contribution is 5.49. The molecule has 0 saturated heterocycles.